The second kappa shape index (κ2) is 7.61. The molecule has 1 amide bonds. The van der Waals surface area contributed by atoms with Gasteiger partial charge in [0.25, 0.3) is 5.91 Å². The lowest BCUT2D eigenvalue weighted by Gasteiger charge is -2.37. The molecule has 140 valence electrons. The molecule has 1 unspecified atom stereocenters. The van der Waals surface area contributed by atoms with Crippen LogP contribution in [0.15, 0.2) is 24.3 Å². The van der Waals surface area contributed by atoms with Crippen LogP contribution in [-0.4, -0.2) is 53.4 Å². The molecule has 3 heterocycles. The molecule has 1 aromatic carbocycles. The first kappa shape index (κ1) is 17.9. The number of amides is 1. The summed E-state index contributed by atoms with van der Waals surface area (Å²) in [6.45, 7) is 7.66. The van der Waals surface area contributed by atoms with E-state index in [9.17, 15) is 4.79 Å². The molecule has 0 radical (unpaired) electrons. The number of aromatic nitrogens is 1. The molecule has 5 heteroatoms. The van der Waals surface area contributed by atoms with Crippen molar-refractivity contribution in [2.24, 2.45) is 11.8 Å². The Hall–Kier alpha value is -1.52. The highest BCUT2D eigenvalue weighted by Gasteiger charge is 2.27. The molecule has 1 aromatic heterocycles. The fraction of sp³-hybridized carbons (Fsp3) is 0.571. The molecule has 2 aromatic rings. The third kappa shape index (κ3) is 3.91. The van der Waals surface area contributed by atoms with Gasteiger partial charge in [0.1, 0.15) is 5.69 Å². The molecule has 2 aliphatic heterocycles. The number of rotatable bonds is 3. The Balaban J connectivity index is 1.40. The zero-order chi connectivity index (χ0) is 18.1. The fourth-order valence-corrected chi connectivity index (χ4v) is 4.57. The number of fused-ring (bicyclic) bond motifs is 1. The predicted molar refractivity (Wildman–Crippen MR) is 107 cm³/mol. The summed E-state index contributed by atoms with van der Waals surface area (Å²) in [6.07, 6.45) is 4.96. The molecule has 0 saturated carbocycles. The van der Waals surface area contributed by atoms with Crippen LogP contribution < -0.4 is 0 Å². The summed E-state index contributed by atoms with van der Waals surface area (Å²) in [4.78, 5) is 20.9. The number of halogens is 1. The Kier molecular flexibility index (Phi) is 5.23. The topological polar surface area (TPSA) is 39.3 Å². The number of hydrogen-bond acceptors (Lipinski definition) is 2. The minimum atomic E-state index is 0.120. The van der Waals surface area contributed by atoms with Crippen molar-refractivity contribution in [3.63, 3.8) is 0 Å². The van der Waals surface area contributed by atoms with Gasteiger partial charge < -0.3 is 14.8 Å². The molecular weight excluding hydrogens is 346 g/mol. The van der Waals surface area contributed by atoms with E-state index in [0.717, 1.165) is 42.9 Å². The standard InChI is InChI=1S/C21H28ClN3O/c1-15-6-9-24(10-7-15)13-16-3-2-8-25(14-16)21(26)20-11-17-4-5-18(22)12-19(17)23-20/h4-5,11-12,15-16,23H,2-3,6-10,13-14H2,1H3. The highest BCUT2D eigenvalue weighted by Crippen LogP contribution is 2.24. The van der Waals surface area contributed by atoms with Crippen LogP contribution in [0.2, 0.25) is 5.02 Å². The molecule has 1 atom stereocenters. The van der Waals surface area contributed by atoms with Crippen LogP contribution in [0.4, 0.5) is 0 Å². The molecule has 26 heavy (non-hydrogen) atoms. The zero-order valence-electron chi connectivity index (χ0n) is 15.5. The summed E-state index contributed by atoms with van der Waals surface area (Å²) in [5.41, 5.74) is 1.60. The van der Waals surface area contributed by atoms with Crippen molar-refractivity contribution < 1.29 is 4.79 Å². The van der Waals surface area contributed by atoms with Crippen molar-refractivity contribution in [2.75, 3.05) is 32.7 Å². The lowest BCUT2D eigenvalue weighted by molar-refractivity contribution is 0.0617. The van der Waals surface area contributed by atoms with Gasteiger partial charge in [-0.1, -0.05) is 24.6 Å². The van der Waals surface area contributed by atoms with Crippen LogP contribution in [0.1, 0.15) is 43.1 Å². The van der Waals surface area contributed by atoms with Gasteiger partial charge in [-0.05, 0) is 68.8 Å². The van der Waals surface area contributed by atoms with Gasteiger partial charge in [0.15, 0.2) is 0 Å². The molecular formula is C21H28ClN3O. The van der Waals surface area contributed by atoms with Crippen LogP contribution in [0.25, 0.3) is 10.9 Å². The first-order chi connectivity index (χ1) is 12.6. The van der Waals surface area contributed by atoms with Crippen LogP contribution in [0.5, 0.6) is 0 Å². The van der Waals surface area contributed by atoms with E-state index in [-0.39, 0.29) is 5.91 Å². The molecule has 4 nitrogen and oxygen atoms in total. The smallest absolute Gasteiger partial charge is 0.270 e. The third-order valence-corrected chi connectivity index (χ3v) is 6.25. The maximum Gasteiger partial charge on any atom is 0.270 e. The molecule has 2 fully saturated rings. The van der Waals surface area contributed by atoms with Crippen molar-refractivity contribution in [1.29, 1.82) is 0 Å². The molecule has 1 N–H and O–H groups in total. The van der Waals surface area contributed by atoms with Crippen LogP contribution in [-0.2, 0) is 0 Å². The fourth-order valence-electron chi connectivity index (χ4n) is 4.39. The summed E-state index contributed by atoms with van der Waals surface area (Å²) < 4.78 is 0. The SMILES string of the molecule is CC1CCN(CC2CCCN(C(=O)c3cc4ccc(Cl)cc4[nH]3)C2)CC1. The van der Waals surface area contributed by atoms with Gasteiger partial charge >= 0.3 is 0 Å². The number of aromatic amines is 1. The van der Waals surface area contributed by atoms with E-state index >= 15 is 0 Å². The Labute approximate surface area is 160 Å². The molecule has 0 aliphatic carbocycles. The largest absolute Gasteiger partial charge is 0.350 e. The van der Waals surface area contributed by atoms with Gasteiger partial charge in [0.05, 0.1) is 0 Å². The highest BCUT2D eigenvalue weighted by molar-refractivity contribution is 6.31. The molecule has 0 bridgehead atoms. The summed E-state index contributed by atoms with van der Waals surface area (Å²) in [7, 11) is 0. The third-order valence-electron chi connectivity index (χ3n) is 6.01. The first-order valence-electron chi connectivity index (χ1n) is 9.88. The molecule has 2 saturated heterocycles. The normalized spacial score (nSPS) is 22.8. The average molecular weight is 374 g/mol. The summed E-state index contributed by atoms with van der Waals surface area (Å²) >= 11 is 6.06. The minimum Gasteiger partial charge on any atom is -0.350 e. The quantitative estimate of drug-likeness (QED) is 0.865. The number of piperidine rings is 2. The van der Waals surface area contributed by atoms with E-state index in [1.807, 2.05) is 29.2 Å². The maximum atomic E-state index is 13.0. The average Bonchev–Trinajstić information content (AvgIpc) is 3.06. The van der Waals surface area contributed by atoms with Gasteiger partial charge in [0.2, 0.25) is 0 Å². The Bertz CT molecular complexity index is 779. The predicted octanol–water partition coefficient (Wildman–Crippen LogP) is 4.41. The Morgan fingerprint density at radius 1 is 1.19 bits per heavy atom. The first-order valence-corrected chi connectivity index (χ1v) is 10.3. The van der Waals surface area contributed by atoms with Crippen LogP contribution >= 0.6 is 11.6 Å². The molecule has 4 rings (SSSR count). The van der Waals surface area contributed by atoms with Crippen molar-refractivity contribution in [1.82, 2.24) is 14.8 Å². The number of nitrogens with zero attached hydrogens (tertiary/aromatic N) is 2. The van der Waals surface area contributed by atoms with E-state index in [0.29, 0.717) is 16.6 Å². The lowest BCUT2D eigenvalue weighted by atomic mass is 9.94. The maximum absolute atomic E-state index is 13.0. The number of benzene rings is 1. The number of H-pyrrole nitrogens is 1. The van der Waals surface area contributed by atoms with Gasteiger partial charge in [0, 0.05) is 35.6 Å². The van der Waals surface area contributed by atoms with Crippen molar-refractivity contribution in [3.05, 3.63) is 35.0 Å². The van der Waals surface area contributed by atoms with Gasteiger partial charge in [-0.3, -0.25) is 4.79 Å². The van der Waals surface area contributed by atoms with Crippen LogP contribution in [0.3, 0.4) is 0 Å². The number of carbonyl (C=O) groups excluding carboxylic acids is 1. The number of likely N-dealkylation sites (tertiary alicyclic amines) is 2. The molecule has 2 aliphatic rings. The van der Waals surface area contributed by atoms with E-state index < -0.39 is 0 Å². The zero-order valence-corrected chi connectivity index (χ0v) is 16.3. The van der Waals surface area contributed by atoms with E-state index in [1.54, 1.807) is 0 Å². The monoisotopic (exact) mass is 373 g/mol. The van der Waals surface area contributed by atoms with E-state index in [1.165, 1.54) is 32.4 Å². The summed E-state index contributed by atoms with van der Waals surface area (Å²) in [6, 6.07) is 7.65. The number of carbonyl (C=O) groups is 1. The summed E-state index contributed by atoms with van der Waals surface area (Å²) in [5, 5.41) is 1.72. The van der Waals surface area contributed by atoms with Crippen LogP contribution in [0, 0.1) is 11.8 Å². The molecule has 0 spiro atoms. The van der Waals surface area contributed by atoms with Gasteiger partial charge in [-0.2, -0.15) is 0 Å². The number of hydrogen-bond donors (Lipinski definition) is 1. The Morgan fingerprint density at radius 3 is 2.81 bits per heavy atom. The van der Waals surface area contributed by atoms with Crippen molar-refractivity contribution in [2.45, 2.75) is 32.6 Å². The van der Waals surface area contributed by atoms with E-state index in [2.05, 4.69) is 16.8 Å². The highest BCUT2D eigenvalue weighted by atomic mass is 35.5. The number of nitrogens with one attached hydrogen (secondary N) is 1. The minimum absolute atomic E-state index is 0.120. The van der Waals surface area contributed by atoms with Gasteiger partial charge in [-0.25, -0.2) is 0 Å². The second-order valence-corrected chi connectivity index (χ2v) is 8.59. The summed E-state index contributed by atoms with van der Waals surface area (Å²) in [5.74, 6) is 1.58. The van der Waals surface area contributed by atoms with Crippen molar-refractivity contribution >= 4 is 28.4 Å². The Morgan fingerprint density at radius 2 is 2.00 bits per heavy atom. The van der Waals surface area contributed by atoms with Gasteiger partial charge in [-0.15, -0.1) is 0 Å². The van der Waals surface area contributed by atoms with Crippen molar-refractivity contribution in [3.8, 4) is 0 Å². The lowest BCUT2D eigenvalue weighted by Crippen LogP contribution is -2.45. The second-order valence-electron chi connectivity index (χ2n) is 8.16. The van der Waals surface area contributed by atoms with E-state index in [4.69, 9.17) is 11.6 Å².